The van der Waals surface area contributed by atoms with E-state index in [-0.39, 0.29) is 17.4 Å². The van der Waals surface area contributed by atoms with Gasteiger partial charge in [0.2, 0.25) is 0 Å². The van der Waals surface area contributed by atoms with Crippen LogP contribution in [0, 0.1) is 18.3 Å². The Labute approximate surface area is 185 Å². The van der Waals surface area contributed by atoms with Gasteiger partial charge in [0.25, 0.3) is 5.91 Å². The average molecular weight is 462 g/mol. The molecule has 0 radical (unpaired) electrons. The summed E-state index contributed by atoms with van der Waals surface area (Å²) in [6, 6.07) is 12.8. The van der Waals surface area contributed by atoms with Gasteiger partial charge in [-0.3, -0.25) is 4.79 Å². The largest absolute Gasteiger partial charge is 0.484 e. The normalized spacial score (nSPS) is 11.4. The quantitative estimate of drug-likeness (QED) is 0.438. The zero-order valence-electron chi connectivity index (χ0n) is 16.5. The molecule has 0 bridgehead atoms. The second-order valence-corrected chi connectivity index (χ2v) is 6.83. The van der Waals surface area contributed by atoms with Gasteiger partial charge in [0.15, 0.2) is 6.61 Å². The number of benzene rings is 2. The second kappa shape index (κ2) is 9.53. The molecule has 11 heteroatoms. The number of carbonyl (C=O) groups is 1. The van der Waals surface area contributed by atoms with Gasteiger partial charge in [-0.1, -0.05) is 17.7 Å². The highest BCUT2D eigenvalue weighted by molar-refractivity contribution is 6.32. The molecule has 0 fully saturated rings. The van der Waals surface area contributed by atoms with Gasteiger partial charge in [-0.15, -0.1) is 0 Å². The molecular weight excluding hydrogens is 447 g/mol. The van der Waals surface area contributed by atoms with Crippen molar-refractivity contribution < 1.29 is 22.7 Å². The van der Waals surface area contributed by atoms with Crippen LogP contribution in [-0.2, 0) is 11.0 Å². The van der Waals surface area contributed by atoms with E-state index in [1.165, 1.54) is 18.3 Å². The number of aromatic nitrogens is 2. The fourth-order valence-corrected chi connectivity index (χ4v) is 2.94. The van der Waals surface area contributed by atoms with Crippen LogP contribution in [0.25, 0.3) is 5.69 Å². The number of aryl methyl sites for hydroxylation is 1. The fourth-order valence-electron chi connectivity index (χ4n) is 2.62. The van der Waals surface area contributed by atoms with Crippen LogP contribution in [0.2, 0.25) is 5.15 Å². The molecule has 0 aliphatic heterocycles. The highest BCUT2D eigenvalue weighted by Gasteiger charge is 2.30. The monoisotopic (exact) mass is 461 g/mol. The fraction of sp³-hybridized carbons (Fsp3) is 0.143. The molecule has 3 rings (SSSR count). The van der Waals surface area contributed by atoms with E-state index in [1.54, 1.807) is 31.2 Å². The Hall–Kier alpha value is -3.84. The zero-order valence-corrected chi connectivity index (χ0v) is 17.3. The number of amides is 1. The molecule has 164 valence electrons. The van der Waals surface area contributed by atoms with Gasteiger partial charge >= 0.3 is 6.18 Å². The third kappa shape index (κ3) is 5.44. The summed E-state index contributed by atoms with van der Waals surface area (Å²) in [6.45, 7) is 1.28. The van der Waals surface area contributed by atoms with Crippen LogP contribution in [-0.4, -0.2) is 28.5 Å². The van der Waals surface area contributed by atoms with Crippen molar-refractivity contribution in [3.63, 3.8) is 0 Å². The smallest absolute Gasteiger partial charge is 0.416 e. The molecule has 0 aliphatic carbocycles. The second-order valence-electron chi connectivity index (χ2n) is 6.47. The molecule has 7 nitrogen and oxygen atoms in total. The number of rotatable bonds is 6. The van der Waals surface area contributed by atoms with Crippen molar-refractivity contribution in [2.75, 3.05) is 6.61 Å². The molecular formula is C21H15ClF3N5O2. The van der Waals surface area contributed by atoms with Gasteiger partial charge in [-0.05, 0) is 49.4 Å². The SMILES string of the molecule is Cc1nn(-c2cccc(C(F)(F)F)c2)c(Cl)c1/C=N/NC(=O)COc1ccc(C#N)cc1. The van der Waals surface area contributed by atoms with Crippen LogP contribution in [0.3, 0.4) is 0 Å². The lowest BCUT2D eigenvalue weighted by atomic mass is 10.2. The zero-order chi connectivity index (χ0) is 23.3. The first-order chi connectivity index (χ1) is 15.2. The minimum Gasteiger partial charge on any atom is -0.484 e. The van der Waals surface area contributed by atoms with Crippen LogP contribution in [0.15, 0.2) is 53.6 Å². The number of halogens is 4. The van der Waals surface area contributed by atoms with Gasteiger partial charge in [-0.25, -0.2) is 10.1 Å². The molecule has 0 spiro atoms. The highest BCUT2D eigenvalue weighted by Crippen LogP contribution is 2.31. The number of nitrogens with zero attached hydrogens (tertiary/aromatic N) is 4. The Kier molecular flexibility index (Phi) is 6.80. The Balaban J connectivity index is 1.66. The lowest BCUT2D eigenvalue weighted by Gasteiger charge is -2.09. The van der Waals surface area contributed by atoms with E-state index in [0.717, 1.165) is 16.8 Å². The third-order valence-electron chi connectivity index (χ3n) is 4.20. The summed E-state index contributed by atoms with van der Waals surface area (Å²) in [4.78, 5) is 11.9. The van der Waals surface area contributed by atoms with Gasteiger partial charge in [0.1, 0.15) is 10.9 Å². The molecule has 3 aromatic rings. The number of ether oxygens (including phenoxy) is 1. The molecule has 0 unspecified atom stereocenters. The van der Waals surface area contributed by atoms with E-state index < -0.39 is 17.6 Å². The number of nitrogens with one attached hydrogen (secondary N) is 1. The minimum atomic E-state index is -4.50. The molecule has 0 aliphatic rings. The Morgan fingerprint density at radius 2 is 2.03 bits per heavy atom. The number of hydrogen-bond donors (Lipinski definition) is 1. The maximum Gasteiger partial charge on any atom is 0.416 e. The van der Waals surface area contributed by atoms with Gasteiger partial charge in [-0.2, -0.15) is 28.6 Å². The number of carbonyl (C=O) groups excluding carboxylic acids is 1. The number of hydrogen-bond acceptors (Lipinski definition) is 5. The summed E-state index contributed by atoms with van der Waals surface area (Å²) in [5.41, 5.74) is 2.76. The summed E-state index contributed by atoms with van der Waals surface area (Å²) in [6.07, 6.45) is -3.26. The van der Waals surface area contributed by atoms with Crippen LogP contribution in [0.4, 0.5) is 13.2 Å². The topological polar surface area (TPSA) is 92.3 Å². The molecule has 32 heavy (non-hydrogen) atoms. The molecule has 2 aromatic carbocycles. The molecule has 1 heterocycles. The lowest BCUT2D eigenvalue weighted by Crippen LogP contribution is -2.24. The van der Waals surface area contributed by atoms with E-state index in [1.807, 2.05) is 6.07 Å². The van der Waals surface area contributed by atoms with Crippen molar-refractivity contribution in [3.8, 4) is 17.5 Å². The Morgan fingerprint density at radius 1 is 1.31 bits per heavy atom. The molecule has 1 amide bonds. The van der Waals surface area contributed by atoms with Crippen molar-refractivity contribution in [1.82, 2.24) is 15.2 Å². The highest BCUT2D eigenvalue weighted by atomic mass is 35.5. The van der Waals surface area contributed by atoms with Crippen molar-refractivity contribution in [3.05, 3.63) is 76.1 Å². The third-order valence-corrected chi connectivity index (χ3v) is 4.57. The molecule has 0 atom stereocenters. The summed E-state index contributed by atoms with van der Waals surface area (Å²) >= 11 is 6.28. The number of nitriles is 1. The summed E-state index contributed by atoms with van der Waals surface area (Å²) in [7, 11) is 0. The molecule has 1 N–H and O–H groups in total. The van der Waals surface area contributed by atoms with Crippen molar-refractivity contribution in [2.45, 2.75) is 13.1 Å². The summed E-state index contributed by atoms with van der Waals surface area (Å²) in [5, 5.41) is 16.8. The number of hydrazone groups is 1. The molecule has 0 saturated carbocycles. The van der Waals surface area contributed by atoms with E-state index in [4.69, 9.17) is 21.6 Å². The van der Waals surface area contributed by atoms with Crippen LogP contribution in [0.5, 0.6) is 5.75 Å². The maximum absolute atomic E-state index is 13.0. The predicted molar refractivity (Wildman–Crippen MR) is 111 cm³/mol. The minimum absolute atomic E-state index is 0.0358. The Bertz CT molecular complexity index is 1200. The maximum atomic E-state index is 13.0. The van der Waals surface area contributed by atoms with Gasteiger partial charge in [0, 0.05) is 0 Å². The lowest BCUT2D eigenvalue weighted by molar-refractivity contribution is -0.137. The molecule has 1 aromatic heterocycles. The first-order valence-electron chi connectivity index (χ1n) is 9.06. The predicted octanol–water partition coefficient (Wildman–Crippen LogP) is 4.25. The molecule has 0 saturated heterocycles. The van der Waals surface area contributed by atoms with E-state index in [9.17, 15) is 18.0 Å². The average Bonchev–Trinajstić information content (AvgIpc) is 3.06. The van der Waals surface area contributed by atoms with E-state index in [2.05, 4.69) is 15.6 Å². The Morgan fingerprint density at radius 3 is 2.69 bits per heavy atom. The van der Waals surface area contributed by atoms with Crippen molar-refractivity contribution >= 4 is 23.7 Å². The summed E-state index contributed by atoms with van der Waals surface area (Å²) < 4.78 is 45.4. The van der Waals surface area contributed by atoms with Crippen LogP contribution in [0.1, 0.15) is 22.4 Å². The van der Waals surface area contributed by atoms with Crippen molar-refractivity contribution in [2.24, 2.45) is 5.10 Å². The van der Waals surface area contributed by atoms with Crippen LogP contribution < -0.4 is 10.2 Å². The summed E-state index contributed by atoms with van der Waals surface area (Å²) in [5.74, 6) is -0.144. The van der Waals surface area contributed by atoms with Crippen LogP contribution >= 0.6 is 11.6 Å². The number of alkyl halides is 3. The van der Waals surface area contributed by atoms with Gasteiger partial charge in [0.05, 0.1) is 40.4 Å². The first kappa shape index (κ1) is 22.8. The standard InChI is InChI=1S/C21H15ClF3N5O2/c1-13-18(11-27-28-19(31)12-32-17-7-5-14(10-26)6-8-17)20(22)30(29-13)16-4-2-3-15(9-16)21(23,24)25/h2-9,11H,12H2,1H3,(H,28,31)/b27-11+. The first-order valence-corrected chi connectivity index (χ1v) is 9.44. The van der Waals surface area contributed by atoms with E-state index in [0.29, 0.717) is 22.6 Å². The van der Waals surface area contributed by atoms with Gasteiger partial charge < -0.3 is 4.74 Å². The van der Waals surface area contributed by atoms with Crippen molar-refractivity contribution in [1.29, 1.82) is 5.26 Å². The van der Waals surface area contributed by atoms with E-state index >= 15 is 0 Å².